The van der Waals surface area contributed by atoms with Crippen LogP contribution in [0.3, 0.4) is 0 Å². The second kappa shape index (κ2) is 7.37. The van der Waals surface area contributed by atoms with E-state index in [4.69, 9.17) is 9.47 Å². The molecule has 2 unspecified atom stereocenters. The fraction of sp³-hybridized carbons (Fsp3) is 0.474. The fourth-order valence-electron chi connectivity index (χ4n) is 3.69. The van der Waals surface area contributed by atoms with Crippen LogP contribution in [0.1, 0.15) is 12.5 Å². The number of rotatable bonds is 5. The minimum absolute atomic E-state index is 0.225. The summed E-state index contributed by atoms with van der Waals surface area (Å²) in [7, 11) is 0. The van der Waals surface area contributed by atoms with Gasteiger partial charge < -0.3 is 14.4 Å². The molecular weight excluding hydrogens is 316 g/mol. The monoisotopic (exact) mass is 340 g/mol. The van der Waals surface area contributed by atoms with E-state index >= 15 is 0 Å². The number of benzene rings is 1. The molecule has 6 heteroatoms. The highest BCUT2D eigenvalue weighted by molar-refractivity contribution is 5.43. The van der Waals surface area contributed by atoms with Gasteiger partial charge >= 0.3 is 0 Å². The second-order valence-electron chi connectivity index (χ2n) is 6.49. The number of hydrogen-bond donors (Lipinski definition) is 0. The average Bonchev–Trinajstić information content (AvgIpc) is 3.09. The summed E-state index contributed by atoms with van der Waals surface area (Å²) in [5, 5.41) is 0. The maximum atomic E-state index is 6.04. The summed E-state index contributed by atoms with van der Waals surface area (Å²) in [6.07, 6.45) is 1.80. The van der Waals surface area contributed by atoms with Crippen LogP contribution in [0.5, 0.6) is 5.88 Å². The SMILES string of the molecule is CCOc1cc(N2CC3OCCN(Cc4ccccc4)C3C2)ncn1. The Balaban J connectivity index is 1.48. The zero-order valence-electron chi connectivity index (χ0n) is 14.5. The molecular formula is C19H24N4O2. The van der Waals surface area contributed by atoms with Crippen molar-refractivity contribution in [2.75, 3.05) is 37.7 Å². The fourth-order valence-corrected chi connectivity index (χ4v) is 3.69. The van der Waals surface area contributed by atoms with Gasteiger partial charge in [-0.15, -0.1) is 0 Å². The molecule has 2 atom stereocenters. The Labute approximate surface area is 148 Å². The molecule has 0 radical (unpaired) electrons. The summed E-state index contributed by atoms with van der Waals surface area (Å²) < 4.78 is 11.5. The van der Waals surface area contributed by atoms with Crippen molar-refractivity contribution in [2.24, 2.45) is 0 Å². The van der Waals surface area contributed by atoms with Crippen molar-refractivity contribution in [2.45, 2.75) is 25.6 Å². The van der Waals surface area contributed by atoms with Gasteiger partial charge in [-0.3, -0.25) is 4.90 Å². The molecule has 0 aliphatic carbocycles. The summed E-state index contributed by atoms with van der Waals surface area (Å²) in [5.74, 6) is 1.54. The molecule has 0 N–H and O–H groups in total. The minimum Gasteiger partial charge on any atom is -0.478 e. The molecule has 1 aromatic heterocycles. The number of anilines is 1. The van der Waals surface area contributed by atoms with Crippen LogP contribution in [-0.4, -0.2) is 59.9 Å². The lowest BCUT2D eigenvalue weighted by Gasteiger charge is -2.36. The summed E-state index contributed by atoms with van der Waals surface area (Å²) >= 11 is 0. The predicted molar refractivity (Wildman–Crippen MR) is 95.8 cm³/mol. The molecule has 0 amide bonds. The van der Waals surface area contributed by atoms with Gasteiger partial charge in [0, 0.05) is 32.2 Å². The van der Waals surface area contributed by atoms with Gasteiger partial charge in [0.1, 0.15) is 12.1 Å². The Bertz CT molecular complexity index is 697. The Hall–Kier alpha value is -2.18. The summed E-state index contributed by atoms with van der Waals surface area (Å²) in [6.45, 7) is 7.07. The van der Waals surface area contributed by atoms with Gasteiger partial charge in [-0.1, -0.05) is 30.3 Å². The highest BCUT2D eigenvalue weighted by Gasteiger charge is 2.40. The van der Waals surface area contributed by atoms with E-state index in [9.17, 15) is 0 Å². The lowest BCUT2D eigenvalue weighted by Crippen LogP contribution is -2.50. The van der Waals surface area contributed by atoms with E-state index in [1.807, 2.05) is 13.0 Å². The lowest BCUT2D eigenvalue weighted by atomic mass is 10.1. The Morgan fingerprint density at radius 2 is 2.08 bits per heavy atom. The first kappa shape index (κ1) is 16.3. The molecule has 2 aliphatic heterocycles. The Morgan fingerprint density at radius 1 is 1.20 bits per heavy atom. The maximum absolute atomic E-state index is 6.04. The van der Waals surface area contributed by atoms with Crippen molar-refractivity contribution in [3.63, 3.8) is 0 Å². The third kappa shape index (κ3) is 3.60. The molecule has 132 valence electrons. The third-order valence-electron chi connectivity index (χ3n) is 4.89. The van der Waals surface area contributed by atoms with E-state index in [0.717, 1.165) is 38.6 Å². The molecule has 6 nitrogen and oxygen atoms in total. The molecule has 2 fully saturated rings. The quantitative estimate of drug-likeness (QED) is 0.829. The number of hydrogen-bond acceptors (Lipinski definition) is 6. The van der Waals surface area contributed by atoms with Gasteiger partial charge in [-0.2, -0.15) is 0 Å². The predicted octanol–water partition coefficient (Wildman–Crippen LogP) is 1.96. The molecule has 1 aromatic carbocycles. The first-order valence-electron chi connectivity index (χ1n) is 8.93. The zero-order chi connectivity index (χ0) is 17.1. The van der Waals surface area contributed by atoms with E-state index in [2.05, 4.69) is 50.1 Å². The highest BCUT2D eigenvalue weighted by atomic mass is 16.5. The van der Waals surface area contributed by atoms with Crippen LogP contribution in [-0.2, 0) is 11.3 Å². The standard InChI is InChI=1S/C19H24N4O2/c1-2-24-19-10-18(20-14-21-19)23-12-16-17(13-23)25-9-8-22(16)11-15-6-4-3-5-7-15/h3-7,10,14,16-17H,2,8-9,11-13H2,1H3. The highest BCUT2D eigenvalue weighted by Crippen LogP contribution is 2.28. The van der Waals surface area contributed by atoms with E-state index < -0.39 is 0 Å². The van der Waals surface area contributed by atoms with Gasteiger partial charge in [0.25, 0.3) is 0 Å². The molecule has 0 spiro atoms. The van der Waals surface area contributed by atoms with Crippen LogP contribution in [0.2, 0.25) is 0 Å². The second-order valence-corrected chi connectivity index (χ2v) is 6.49. The van der Waals surface area contributed by atoms with E-state index in [1.165, 1.54) is 5.56 Å². The first-order chi connectivity index (χ1) is 12.3. The number of nitrogens with zero attached hydrogens (tertiary/aromatic N) is 4. The minimum atomic E-state index is 0.225. The van der Waals surface area contributed by atoms with Gasteiger partial charge in [0.2, 0.25) is 5.88 Å². The molecule has 25 heavy (non-hydrogen) atoms. The Kier molecular flexibility index (Phi) is 4.81. The van der Waals surface area contributed by atoms with Crippen molar-refractivity contribution in [1.29, 1.82) is 0 Å². The molecule has 2 aliphatic rings. The van der Waals surface area contributed by atoms with Gasteiger partial charge in [0.05, 0.1) is 25.4 Å². The number of fused-ring (bicyclic) bond motifs is 1. The summed E-state index contributed by atoms with van der Waals surface area (Å²) in [4.78, 5) is 13.4. The van der Waals surface area contributed by atoms with Crippen LogP contribution in [0.15, 0.2) is 42.7 Å². The Morgan fingerprint density at radius 3 is 2.92 bits per heavy atom. The summed E-state index contributed by atoms with van der Waals surface area (Å²) in [5.41, 5.74) is 1.35. The van der Waals surface area contributed by atoms with Crippen molar-refractivity contribution in [1.82, 2.24) is 14.9 Å². The first-order valence-corrected chi connectivity index (χ1v) is 8.93. The van der Waals surface area contributed by atoms with Crippen LogP contribution < -0.4 is 9.64 Å². The lowest BCUT2D eigenvalue weighted by molar-refractivity contribution is -0.0499. The molecule has 0 saturated carbocycles. The normalized spacial score (nSPS) is 23.5. The van der Waals surface area contributed by atoms with Crippen molar-refractivity contribution < 1.29 is 9.47 Å². The van der Waals surface area contributed by atoms with E-state index in [0.29, 0.717) is 18.5 Å². The van der Waals surface area contributed by atoms with Crippen molar-refractivity contribution >= 4 is 5.82 Å². The summed E-state index contributed by atoms with van der Waals surface area (Å²) in [6, 6.07) is 13.0. The number of morpholine rings is 1. The van der Waals surface area contributed by atoms with E-state index in [-0.39, 0.29) is 6.10 Å². The van der Waals surface area contributed by atoms with Crippen LogP contribution >= 0.6 is 0 Å². The van der Waals surface area contributed by atoms with Gasteiger partial charge in [0.15, 0.2) is 0 Å². The molecule has 2 saturated heterocycles. The number of aromatic nitrogens is 2. The smallest absolute Gasteiger partial charge is 0.218 e. The topological polar surface area (TPSA) is 50.7 Å². The molecule has 3 heterocycles. The zero-order valence-corrected chi connectivity index (χ0v) is 14.5. The third-order valence-corrected chi connectivity index (χ3v) is 4.89. The largest absolute Gasteiger partial charge is 0.478 e. The van der Waals surface area contributed by atoms with Gasteiger partial charge in [-0.25, -0.2) is 9.97 Å². The van der Waals surface area contributed by atoms with E-state index in [1.54, 1.807) is 6.33 Å². The van der Waals surface area contributed by atoms with Crippen LogP contribution in [0, 0.1) is 0 Å². The molecule has 0 bridgehead atoms. The molecule has 2 aromatic rings. The van der Waals surface area contributed by atoms with Gasteiger partial charge in [-0.05, 0) is 12.5 Å². The molecule has 4 rings (SSSR count). The maximum Gasteiger partial charge on any atom is 0.218 e. The van der Waals surface area contributed by atoms with Crippen LogP contribution in [0.25, 0.3) is 0 Å². The average molecular weight is 340 g/mol. The van der Waals surface area contributed by atoms with Crippen molar-refractivity contribution in [3.8, 4) is 5.88 Å². The van der Waals surface area contributed by atoms with Crippen molar-refractivity contribution in [3.05, 3.63) is 48.3 Å². The van der Waals surface area contributed by atoms with Crippen LogP contribution in [0.4, 0.5) is 5.82 Å². The number of ether oxygens (including phenoxy) is 2.